The number of rotatable bonds is 0. The second-order valence-electron chi connectivity index (χ2n) is 2.74. The van der Waals surface area contributed by atoms with Crippen molar-refractivity contribution in [1.29, 1.82) is 0 Å². The molecule has 2 aromatic heterocycles. The molecular weight excluding hydrogens is 136 g/mol. The summed E-state index contributed by atoms with van der Waals surface area (Å²) in [5, 5.41) is 4.33. The van der Waals surface area contributed by atoms with E-state index >= 15 is 0 Å². The third-order valence-corrected chi connectivity index (χ3v) is 2.02. The van der Waals surface area contributed by atoms with Crippen LogP contribution >= 0.6 is 0 Å². The predicted molar refractivity (Wildman–Crippen MR) is 44.7 cm³/mol. The average molecular weight is 146 g/mol. The van der Waals surface area contributed by atoms with Gasteiger partial charge in [-0.1, -0.05) is 6.07 Å². The maximum absolute atomic E-state index is 4.33. The highest BCUT2D eigenvalue weighted by atomic mass is 15.2. The standard InChI is InChI=1S/C9H10N2/c1-7-8(2)10-11-6-4-3-5-9(7)11/h3-6H,1-2H3. The minimum absolute atomic E-state index is 1.11. The van der Waals surface area contributed by atoms with E-state index in [0.717, 1.165) is 5.69 Å². The van der Waals surface area contributed by atoms with E-state index < -0.39 is 0 Å². The van der Waals surface area contributed by atoms with Crippen molar-refractivity contribution in [2.75, 3.05) is 0 Å². The summed E-state index contributed by atoms with van der Waals surface area (Å²) in [4.78, 5) is 0. The molecule has 0 amide bonds. The van der Waals surface area contributed by atoms with Gasteiger partial charge in [0.2, 0.25) is 0 Å². The molecule has 2 heterocycles. The highest BCUT2D eigenvalue weighted by Gasteiger charge is 2.01. The first-order valence-corrected chi connectivity index (χ1v) is 3.69. The Morgan fingerprint density at radius 2 is 2.09 bits per heavy atom. The van der Waals surface area contributed by atoms with E-state index in [4.69, 9.17) is 0 Å². The van der Waals surface area contributed by atoms with E-state index in [1.165, 1.54) is 11.1 Å². The maximum Gasteiger partial charge on any atom is 0.0693 e. The lowest BCUT2D eigenvalue weighted by atomic mass is 10.2. The molecule has 0 unspecified atom stereocenters. The molecule has 0 fully saturated rings. The Bertz CT molecular complexity index is 387. The molecule has 0 bridgehead atoms. The normalized spacial score (nSPS) is 10.7. The van der Waals surface area contributed by atoms with Crippen molar-refractivity contribution < 1.29 is 0 Å². The first-order valence-electron chi connectivity index (χ1n) is 3.69. The number of aryl methyl sites for hydroxylation is 2. The van der Waals surface area contributed by atoms with Crippen LogP contribution in [0.15, 0.2) is 24.4 Å². The Hall–Kier alpha value is -1.31. The van der Waals surface area contributed by atoms with Gasteiger partial charge in [0.05, 0.1) is 11.2 Å². The minimum Gasteiger partial charge on any atom is -0.240 e. The second kappa shape index (κ2) is 2.09. The van der Waals surface area contributed by atoms with Crippen LogP contribution in [0.2, 0.25) is 0 Å². The number of aromatic nitrogens is 2. The maximum atomic E-state index is 4.33. The zero-order chi connectivity index (χ0) is 7.84. The molecule has 0 atom stereocenters. The summed E-state index contributed by atoms with van der Waals surface area (Å²) in [7, 11) is 0. The number of pyridine rings is 1. The molecule has 0 aliphatic rings. The lowest BCUT2D eigenvalue weighted by Gasteiger charge is -1.89. The van der Waals surface area contributed by atoms with Crippen molar-refractivity contribution in [3.8, 4) is 0 Å². The molecule has 2 aromatic rings. The van der Waals surface area contributed by atoms with Gasteiger partial charge in [0.15, 0.2) is 0 Å². The number of hydrogen-bond acceptors (Lipinski definition) is 1. The van der Waals surface area contributed by atoms with Crippen molar-refractivity contribution in [3.05, 3.63) is 35.7 Å². The topological polar surface area (TPSA) is 17.3 Å². The van der Waals surface area contributed by atoms with Gasteiger partial charge >= 0.3 is 0 Å². The number of nitrogens with zero attached hydrogens (tertiary/aromatic N) is 2. The molecule has 0 aliphatic heterocycles. The summed E-state index contributed by atoms with van der Waals surface area (Å²) in [6, 6.07) is 6.09. The quantitative estimate of drug-likeness (QED) is 0.555. The Balaban J connectivity index is 2.92. The number of hydrogen-bond donors (Lipinski definition) is 0. The van der Waals surface area contributed by atoms with Gasteiger partial charge in [0, 0.05) is 6.20 Å². The van der Waals surface area contributed by atoms with Crippen LogP contribution in [0, 0.1) is 13.8 Å². The summed E-state index contributed by atoms with van der Waals surface area (Å²) < 4.78 is 1.91. The van der Waals surface area contributed by atoms with Crippen LogP contribution < -0.4 is 0 Å². The smallest absolute Gasteiger partial charge is 0.0693 e. The van der Waals surface area contributed by atoms with E-state index in [1.807, 2.05) is 29.8 Å². The van der Waals surface area contributed by atoms with E-state index in [1.54, 1.807) is 0 Å². The van der Waals surface area contributed by atoms with Crippen LogP contribution in [0.5, 0.6) is 0 Å². The van der Waals surface area contributed by atoms with Crippen molar-refractivity contribution >= 4 is 5.52 Å². The van der Waals surface area contributed by atoms with Crippen LogP contribution in [0.4, 0.5) is 0 Å². The zero-order valence-corrected chi connectivity index (χ0v) is 6.70. The van der Waals surface area contributed by atoms with Crippen LogP contribution in [0.25, 0.3) is 5.52 Å². The predicted octanol–water partition coefficient (Wildman–Crippen LogP) is 1.95. The third-order valence-electron chi connectivity index (χ3n) is 2.02. The molecule has 0 saturated heterocycles. The summed E-state index contributed by atoms with van der Waals surface area (Å²) in [5.41, 5.74) is 3.58. The van der Waals surface area contributed by atoms with E-state index in [-0.39, 0.29) is 0 Å². The first kappa shape index (κ1) is 6.40. The van der Waals surface area contributed by atoms with Gasteiger partial charge in [-0.05, 0) is 31.5 Å². The van der Waals surface area contributed by atoms with Gasteiger partial charge in [0.1, 0.15) is 0 Å². The van der Waals surface area contributed by atoms with Crippen molar-refractivity contribution in [1.82, 2.24) is 9.61 Å². The molecule has 0 N–H and O–H groups in total. The molecule has 0 aromatic carbocycles. The summed E-state index contributed by atoms with van der Waals surface area (Å²) in [6.07, 6.45) is 1.97. The molecule has 0 saturated carbocycles. The average Bonchev–Trinajstić information content (AvgIpc) is 2.30. The molecule has 2 rings (SSSR count). The van der Waals surface area contributed by atoms with Crippen LogP contribution in [0.1, 0.15) is 11.3 Å². The van der Waals surface area contributed by atoms with Crippen molar-refractivity contribution in [2.24, 2.45) is 0 Å². The van der Waals surface area contributed by atoms with Crippen molar-refractivity contribution in [2.45, 2.75) is 13.8 Å². The highest BCUT2D eigenvalue weighted by molar-refractivity contribution is 5.55. The lowest BCUT2D eigenvalue weighted by molar-refractivity contribution is 0.933. The van der Waals surface area contributed by atoms with Gasteiger partial charge in [-0.2, -0.15) is 5.10 Å². The Morgan fingerprint density at radius 1 is 1.27 bits per heavy atom. The molecule has 56 valence electrons. The van der Waals surface area contributed by atoms with E-state index in [0.29, 0.717) is 0 Å². The summed E-state index contributed by atoms with van der Waals surface area (Å²) >= 11 is 0. The monoisotopic (exact) mass is 146 g/mol. The lowest BCUT2D eigenvalue weighted by Crippen LogP contribution is -1.83. The largest absolute Gasteiger partial charge is 0.240 e. The third kappa shape index (κ3) is 0.827. The van der Waals surface area contributed by atoms with Gasteiger partial charge in [-0.3, -0.25) is 0 Å². The SMILES string of the molecule is Cc1nn2ccccc2c1C. The molecule has 0 aliphatic carbocycles. The zero-order valence-electron chi connectivity index (χ0n) is 6.70. The fourth-order valence-corrected chi connectivity index (χ4v) is 1.24. The Morgan fingerprint density at radius 3 is 2.82 bits per heavy atom. The first-order chi connectivity index (χ1) is 5.29. The minimum atomic E-state index is 1.11. The summed E-state index contributed by atoms with van der Waals surface area (Å²) in [5.74, 6) is 0. The van der Waals surface area contributed by atoms with Crippen LogP contribution in [0.3, 0.4) is 0 Å². The van der Waals surface area contributed by atoms with Crippen molar-refractivity contribution in [3.63, 3.8) is 0 Å². The Kier molecular flexibility index (Phi) is 1.22. The molecule has 0 radical (unpaired) electrons. The molecular formula is C9H10N2. The second-order valence-corrected chi connectivity index (χ2v) is 2.74. The fraction of sp³-hybridized carbons (Fsp3) is 0.222. The fourth-order valence-electron chi connectivity index (χ4n) is 1.24. The van der Waals surface area contributed by atoms with Crippen LogP contribution in [-0.2, 0) is 0 Å². The Labute approximate surface area is 65.5 Å². The van der Waals surface area contributed by atoms with E-state index in [9.17, 15) is 0 Å². The van der Waals surface area contributed by atoms with Gasteiger partial charge in [-0.15, -0.1) is 0 Å². The van der Waals surface area contributed by atoms with Crippen LogP contribution in [-0.4, -0.2) is 9.61 Å². The number of fused-ring (bicyclic) bond motifs is 1. The van der Waals surface area contributed by atoms with Gasteiger partial charge < -0.3 is 0 Å². The van der Waals surface area contributed by atoms with Gasteiger partial charge in [-0.25, -0.2) is 4.52 Å². The van der Waals surface area contributed by atoms with Gasteiger partial charge in [0.25, 0.3) is 0 Å². The molecule has 11 heavy (non-hydrogen) atoms. The molecule has 0 spiro atoms. The highest BCUT2D eigenvalue weighted by Crippen LogP contribution is 2.12. The van der Waals surface area contributed by atoms with E-state index in [2.05, 4.69) is 18.1 Å². The molecule has 2 heteroatoms. The molecule has 2 nitrogen and oxygen atoms in total. The summed E-state index contributed by atoms with van der Waals surface area (Å²) in [6.45, 7) is 4.12.